The fourth-order valence-corrected chi connectivity index (χ4v) is 3.30. The molecule has 1 N–H and O–H groups in total. The maximum absolute atomic E-state index is 12.9. The quantitative estimate of drug-likeness (QED) is 0.484. The largest absolute Gasteiger partial charge is 0.461 e. The Bertz CT molecular complexity index is 1370. The van der Waals surface area contributed by atoms with Crippen molar-refractivity contribution in [3.8, 4) is 5.69 Å². The monoisotopic (exact) mass is 427 g/mol. The first kappa shape index (κ1) is 21.0. The Kier molecular flexibility index (Phi) is 5.81. The topological polar surface area (TPSA) is 90.3 Å². The summed E-state index contributed by atoms with van der Waals surface area (Å²) in [6.45, 7) is 3.72. The van der Waals surface area contributed by atoms with Gasteiger partial charge in [-0.3, -0.25) is 9.59 Å². The summed E-state index contributed by atoms with van der Waals surface area (Å²) < 4.78 is 6.20. The number of nitrogens with zero attached hydrogens (tertiary/aromatic N) is 2. The third kappa shape index (κ3) is 4.27. The van der Waals surface area contributed by atoms with Crippen LogP contribution in [0.25, 0.3) is 16.5 Å². The third-order valence-electron chi connectivity index (χ3n) is 4.94. The molecule has 7 heteroatoms. The van der Waals surface area contributed by atoms with E-state index in [2.05, 4.69) is 10.4 Å². The van der Waals surface area contributed by atoms with Gasteiger partial charge in [0.25, 0.3) is 11.5 Å². The SMILES string of the molecule is CCOC(=O)c1nn(-c2ccc(C)cc2)c(=O)cc1NC(=O)c1ccc2ccccc2c1. The second-order valence-electron chi connectivity index (χ2n) is 7.23. The molecular formula is C25H21N3O4. The van der Waals surface area contributed by atoms with Gasteiger partial charge in [-0.25, -0.2) is 4.79 Å². The molecule has 0 radical (unpaired) electrons. The van der Waals surface area contributed by atoms with Crippen molar-refractivity contribution in [1.29, 1.82) is 0 Å². The van der Waals surface area contributed by atoms with Crippen molar-refractivity contribution >= 4 is 28.3 Å². The van der Waals surface area contributed by atoms with Crippen LogP contribution in [0, 0.1) is 6.92 Å². The zero-order chi connectivity index (χ0) is 22.7. The van der Waals surface area contributed by atoms with E-state index in [1.165, 1.54) is 6.07 Å². The molecule has 0 unspecified atom stereocenters. The van der Waals surface area contributed by atoms with Gasteiger partial charge < -0.3 is 10.1 Å². The van der Waals surface area contributed by atoms with E-state index >= 15 is 0 Å². The number of benzene rings is 3. The molecule has 0 bridgehead atoms. The van der Waals surface area contributed by atoms with Crippen LogP contribution in [0.15, 0.2) is 77.6 Å². The summed E-state index contributed by atoms with van der Waals surface area (Å²) in [4.78, 5) is 38.2. The van der Waals surface area contributed by atoms with Gasteiger partial charge in [0.1, 0.15) is 0 Å². The van der Waals surface area contributed by atoms with Crippen molar-refractivity contribution in [3.05, 3.63) is 100.0 Å². The molecule has 0 saturated carbocycles. The second-order valence-corrected chi connectivity index (χ2v) is 7.23. The van der Waals surface area contributed by atoms with Crippen LogP contribution in [-0.2, 0) is 4.74 Å². The van der Waals surface area contributed by atoms with E-state index in [1.807, 2.05) is 49.4 Å². The molecule has 0 atom stereocenters. The van der Waals surface area contributed by atoms with Crippen LogP contribution >= 0.6 is 0 Å². The number of aromatic nitrogens is 2. The summed E-state index contributed by atoms with van der Waals surface area (Å²) in [5.41, 5.74) is 1.26. The Morgan fingerprint density at radius 3 is 2.41 bits per heavy atom. The Hall–Kier alpha value is -4.26. The van der Waals surface area contributed by atoms with E-state index in [9.17, 15) is 14.4 Å². The molecule has 160 valence electrons. The summed E-state index contributed by atoms with van der Waals surface area (Å²) in [7, 11) is 0. The van der Waals surface area contributed by atoms with Gasteiger partial charge in [-0.15, -0.1) is 0 Å². The van der Waals surface area contributed by atoms with Crippen molar-refractivity contribution in [1.82, 2.24) is 9.78 Å². The number of carbonyl (C=O) groups is 2. The number of aryl methyl sites for hydroxylation is 1. The molecule has 1 aromatic heterocycles. The fourth-order valence-electron chi connectivity index (χ4n) is 3.30. The number of nitrogens with one attached hydrogen (secondary N) is 1. The van der Waals surface area contributed by atoms with Crippen LogP contribution in [0.4, 0.5) is 5.69 Å². The summed E-state index contributed by atoms with van der Waals surface area (Å²) >= 11 is 0. The van der Waals surface area contributed by atoms with Crippen LogP contribution in [0.5, 0.6) is 0 Å². The number of fused-ring (bicyclic) bond motifs is 1. The summed E-state index contributed by atoms with van der Waals surface area (Å²) in [5, 5.41) is 8.75. The highest BCUT2D eigenvalue weighted by Gasteiger charge is 2.20. The lowest BCUT2D eigenvalue weighted by molar-refractivity contribution is 0.0518. The maximum Gasteiger partial charge on any atom is 0.360 e. The molecule has 1 heterocycles. The first-order chi connectivity index (χ1) is 15.5. The minimum absolute atomic E-state index is 0.00466. The molecule has 0 aliphatic heterocycles. The number of rotatable bonds is 5. The zero-order valence-electron chi connectivity index (χ0n) is 17.7. The highest BCUT2D eigenvalue weighted by molar-refractivity contribution is 6.08. The van der Waals surface area contributed by atoms with E-state index in [0.29, 0.717) is 11.3 Å². The molecule has 0 aliphatic carbocycles. The fraction of sp³-hybridized carbons (Fsp3) is 0.120. The molecule has 0 fully saturated rings. The summed E-state index contributed by atoms with van der Waals surface area (Å²) in [6.07, 6.45) is 0. The van der Waals surface area contributed by atoms with E-state index < -0.39 is 17.4 Å². The molecule has 32 heavy (non-hydrogen) atoms. The summed E-state index contributed by atoms with van der Waals surface area (Å²) in [6, 6.07) is 21.2. The van der Waals surface area contributed by atoms with E-state index in [1.54, 1.807) is 31.2 Å². The average Bonchev–Trinajstić information content (AvgIpc) is 2.79. The zero-order valence-corrected chi connectivity index (χ0v) is 17.7. The highest BCUT2D eigenvalue weighted by Crippen LogP contribution is 2.19. The lowest BCUT2D eigenvalue weighted by Crippen LogP contribution is -2.27. The van der Waals surface area contributed by atoms with Gasteiger partial charge in [0.2, 0.25) is 0 Å². The lowest BCUT2D eigenvalue weighted by atomic mass is 10.1. The highest BCUT2D eigenvalue weighted by atomic mass is 16.5. The standard InChI is InChI=1S/C25H21N3O4/c1-3-32-25(31)23-21(15-22(29)28(27-23)20-12-8-16(2)9-13-20)26-24(30)19-11-10-17-6-4-5-7-18(17)14-19/h4-15H,3H2,1-2H3,(H,26,30). The van der Waals surface area contributed by atoms with Gasteiger partial charge in [-0.2, -0.15) is 9.78 Å². The average molecular weight is 427 g/mol. The van der Waals surface area contributed by atoms with Gasteiger partial charge in [-0.05, 0) is 48.9 Å². The Morgan fingerprint density at radius 1 is 0.969 bits per heavy atom. The minimum atomic E-state index is -0.734. The van der Waals surface area contributed by atoms with Crippen molar-refractivity contribution in [2.45, 2.75) is 13.8 Å². The van der Waals surface area contributed by atoms with Crippen molar-refractivity contribution in [3.63, 3.8) is 0 Å². The van der Waals surface area contributed by atoms with E-state index in [0.717, 1.165) is 21.0 Å². The van der Waals surface area contributed by atoms with Gasteiger partial charge in [0.05, 0.1) is 18.0 Å². The minimum Gasteiger partial charge on any atom is -0.461 e. The van der Waals surface area contributed by atoms with Crippen LogP contribution in [0.3, 0.4) is 0 Å². The number of hydrogen-bond acceptors (Lipinski definition) is 5. The molecule has 0 spiro atoms. The number of hydrogen-bond donors (Lipinski definition) is 1. The second kappa shape index (κ2) is 8.85. The smallest absolute Gasteiger partial charge is 0.360 e. The number of anilines is 1. The predicted molar refractivity (Wildman–Crippen MR) is 122 cm³/mol. The molecule has 0 saturated heterocycles. The van der Waals surface area contributed by atoms with Gasteiger partial charge in [0, 0.05) is 11.6 Å². The maximum atomic E-state index is 12.9. The predicted octanol–water partition coefficient (Wildman–Crippen LogP) is 4.12. The number of amides is 1. The van der Waals surface area contributed by atoms with Crippen LogP contribution in [-0.4, -0.2) is 28.3 Å². The lowest BCUT2D eigenvalue weighted by Gasteiger charge is -2.13. The van der Waals surface area contributed by atoms with Gasteiger partial charge in [-0.1, -0.05) is 48.0 Å². The van der Waals surface area contributed by atoms with Crippen molar-refractivity contribution < 1.29 is 14.3 Å². The molecule has 7 nitrogen and oxygen atoms in total. The van der Waals surface area contributed by atoms with Crippen molar-refractivity contribution in [2.24, 2.45) is 0 Å². The number of carbonyl (C=O) groups excluding carboxylic acids is 2. The first-order valence-corrected chi connectivity index (χ1v) is 10.1. The molecule has 1 amide bonds. The number of esters is 1. The Morgan fingerprint density at radius 2 is 1.69 bits per heavy atom. The van der Waals surface area contributed by atoms with E-state index in [-0.39, 0.29) is 18.0 Å². The van der Waals surface area contributed by atoms with Crippen LogP contribution < -0.4 is 10.9 Å². The van der Waals surface area contributed by atoms with Gasteiger partial charge >= 0.3 is 5.97 Å². The van der Waals surface area contributed by atoms with Crippen LogP contribution in [0.1, 0.15) is 33.3 Å². The molecule has 0 aliphatic rings. The van der Waals surface area contributed by atoms with Gasteiger partial charge in [0.15, 0.2) is 5.69 Å². The Labute approximate surface area is 184 Å². The third-order valence-corrected chi connectivity index (χ3v) is 4.94. The molecule has 4 rings (SSSR count). The molecule has 3 aromatic carbocycles. The normalized spacial score (nSPS) is 10.7. The number of ether oxygens (including phenoxy) is 1. The first-order valence-electron chi connectivity index (χ1n) is 10.1. The van der Waals surface area contributed by atoms with E-state index in [4.69, 9.17) is 4.74 Å². The van der Waals surface area contributed by atoms with Crippen molar-refractivity contribution in [2.75, 3.05) is 11.9 Å². The summed E-state index contributed by atoms with van der Waals surface area (Å²) in [5.74, 6) is -1.20. The Balaban J connectivity index is 1.73. The van der Waals surface area contributed by atoms with Crippen LogP contribution in [0.2, 0.25) is 0 Å². The molecule has 4 aromatic rings. The molecular weight excluding hydrogens is 406 g/mol.